The maximum Gasteiger partial charge on any atom is 0.434 e. The third kappa shape index (κ3) is 5.14. The zero-order valence-electron chi connectivity index (χ0n) is 19.3. The van der Waals surface area contributed by atoms with Crippen LogP contribution in [0.5, 0.6) is 0 Å². The molecule has 1 spiro atoms. The SMILES string of the molecule is Cc1ccc(-n2cc(C(=O)N3CCCC34CCN(C(=O)OC(C(F)(F)F)C(F)(F)F)CC4)cn2)cc1. The van der Waals surface area contributed by atoms with E-state index < -0.39 is 30.1 Å². The van der Waals surface area contributed by atoms with Crippen LogP contribution in [-0.2, 0) is 4.74 Å². The van der Waals surface area contributed by atoms with Gasteiger partial charge in [0.25, 0.3) is 12.0 Å². The molecule has 0 bridgehead atoms. The highest BCUT2D eigenvalue weighted by atomic mass is 19.4. The smallest absolute Gasteiger partial charge is 0.426 e. The number of benzene rings is 1. The molecule has 7 nitrogen and oxygen atoms in total. The van der Waals surface area contributed by atoms with Crippen molar-refractivity contribution < 1.29 is 40.7 Å². The number of hydrogen-bond donors (Lipinski definition) is 0. The lowest BCUT2D eigenvalue weighted by Crippen LogP contribution is -2.56. The molecular formula is C23H24F6N4O3. The minimum absolute atomic E-state index is 0.131. The van der Waals surface area contributed by atoms with E-state index in [0.717, 1.165) is 16.2 Å². The number of rotatable bonds is 3. The number of ether oxygens (including phenoxy) is 1. The molecule has 0 aliphatic carbocycles. The number of carbonyl (C=O) groups excluding carboxylic acids is 2. The van der Waals surface area contributed by atoms with E-state index >= 15 is 0 Å². The van der Waals surface area contributed by atoms with Crippen LogP contribution >= 0.6 is 0 Å². The Kier molecular flexibility index (Phi) is 6.69. The van der Waals surface area contributed by atoms with Gasteiger partial charge in [0, 0.05) is 31.4 Å². The van der Waals surface area contributed by atoms with E-state index in [1.807, 2.05) is 31.2 Å². The Morgan fingerprint density at radius 1 is 0.972 bits per heavy atom. The summed E-state index contributed by atoms with van der Waals surface area (Å²) in [6, 6.07) is 7.56. The molecule has 0 N–H and O–H groups in total. The van der Waals surface area contributed by atoms with E-state index in [0.29, 0.717) is 24.9 Å². The van der Waals surface area contributed by atoms with Gasteiger partial charge < -0.3 is 14.5 Å². The van der Waals surface area contributed by atoms with Crippen molar-refractivity contribution in [3.05, 3.63) is 47.8 Å². The van der Waals surface area contributed by atoms with E-state index in [1.165, 1.54) is 6.20 Å². The van der Waals surface area contributed by atoms with Crippen LogP contribution in [0.1, 0.15) is 41.6 Å². The van der Waals surface area contributed by atoms with E-state index in [4.69, 9.17) is 0 Å². The molecule has 1 aromatic heterocycles. The van der Waals surface area contributed by atoms with Gasteiger partial charge in [0.05, 0.1) is 17.4 Å². The third-order valence-corrected chi connectivity index (χ3v) is 6.74. The molecule has 4 rings (SSSR count). The number of nitrogens with zero attached hydrogens (tertiary/aromatic N) is 4. The Morgan fingerprint density at radius 2 is 1.58 bits per heavy atom. The summed E-state index contributed by atoms with van der Waals surface area (Å²) >= 11 is 0. The Labute approximate surface area is 202 Å². The van der Waals surface area contributed by atoms with Gasteiger partial charge in [-0.1, -0.05) is 17.7 Å². The van der Waals surface area contributed by atoms with Crippen LogP contribution in [0.25, 0.3) is 5.69 Å². The van der Waals surface area contributed by atoms with Crippen molar-refractivity contribution in [3.63, 3.8) is 0 Å². The Bertz CT molecular complexity index is 1090. The monoisotopic (exact) mass is 518 g/mol. The van der Waals surface area contributed by atoms with E-state index in [9.17, 15) is 35.9 Å². The fraction of sp³-hybridized carbons (Fsp3) is 0.522. The zero-order chi connectivity index (χ0) is 26.3. The number of likely N-dealkylation sites (tertiary alicyclic amines) is 2. The van der Waals surface area contributed by atoms with E-state index in [1.54, 1.807) is 15.8 Å². The summed E-state index contributed by atoms with van der Waals surface area (Å²) in [4.78, 5) is 27.9. The lowest BCUT2D eigenvalue weighted by Gasteiger charge is -2.44. The molecule has 0 unspecified atom stereocenters. The van der Waals surface area contributed by atoms with Crippen molar-refractivity contribution in [2.24, 2.45) is 0 Å². The molecule has 2 aliphatic rings. The summed E-state index contributed by atoms with van der Waals surface area (Å²) in [5, 5.41) is 4.26. The van der Waals surface area contributed by atoms with Gasteiger partial charge in [0.2, 0.25) is 0 Å². The second-order valence-electron chi connectivity index (χ2n) is 9.13. The van der Waals surface area contributed by atoms with Gasteiger partial charge in [-0.15, -0.1) is 0 Å². The first-order chi connectivity index (χ1) is 16.8. The topological polar surface area (TPSA) is 67.7 Å². The number of aryl methyl sites for hydroxylation is 1. The maximum atomic E-state index is 13.3. The number of carbonyl (C=O) groups is 2. The lowest BCUT2D eigenvalue weighted by molar-refractivity contribution is -0.308. The molecule has 0 saturated carbocycles. The maximum absolute atomic E-state index is 13.3. The minimum Gasteiger partial charge on any atom is -0.426 e. The van der Waals surface area contributed by atoms with Crippen LogP contribution in [0.2, 0.25) is 0 Å². The van der Waals surface area contributed by atoms with E-state index in [-0.39, 0.29) is 31.8 Å². The molecule has 196 valence electrons. The highest BCUT2D eigenvalue weighted by molar-refractivity contribution is 5.94. The summed E-state index contributed by atoms with van der Waals surface area (Å²) in [6.07, 6.45) is -12.6. The fourth-order valence-corrected chi connectivity index (χ4v) is 4.80. The number of aromatic nitrogens is 2. The number of piperidine rings is 1. The van der Waals surface area contributed by atoms with Crippen molar-refractivity contribution in [3.8, 4) is 5.69 Å². The van der Waals surface area contributed by atoms with Gasteiger partial charge in [-0.25, -0.2) is 9.48 Å². The van der Waals surface area contributed by atoms with Crippen LogP contribution in [0.4, 0.5) is 31.1 Å². The standard InChI is InChI=1S/C23H24F6N4O3/c1-15-3-5-17(6-4-15)33-14-16(13-30-33)18(34)32-10-2-7-21(32)8-11-31(12-9-21)20(35)36-19(22(24,25)26)23(27,28)29/h3-6,13-14,19H,2,7-12H2,1H3. The van der Waals surface area contributed by atoms with E-state index in [2.05, 4.69) is 9.84 Å². The normalized spacial score (nSPS) is 18.2. The van der Waals surface area contributed by atoms with Crippen LogP contribution in [-0.4, -0.2) is 75.2 Å². The molecule has 2 fully saturated rings. The van der Waals surface area contributed by atoms with Gasteiger partial charge in [-0.05, 0) is 44.7 Å². The summed E-state index contributed by atoms with van der Waals surface area (Å²) in [5.74, 6) is -0.268. The molecule has 3 heterocycles. The molecule has 0 atom stereocenters. The van der Waals surface area contributed by atoms with Gasteiger partial charge in [0.1, 0.15) is 0 Å². The largest absolute Gasteiger partial charge is 0.434 e. The lowest BCUT2D eigenvalue weighted by atomic mass is 9.85. The first-order valence-corrected chi connectivity index (χ1v) is 11.3. The van der Waals surface area contributed by atoms with Crippen LogP contribution < -0.4 is 0 Å². The number of alkyl halides is 6. The minimum atomic E-state index is -5.78. The average Bonchev–Trinajstić information content (AvgIpc) is 3.44. The Morgan fingerprint density at radius 3 is 2.17 bits per heavy atom. The number of hydrogen-bond acceptors (Lipinski definition) is 4. The molecule has 2 amide bonds. The van der Waals surface area contributed by atoms with Crippen molar-refractivity contribution >= 4 is 12.0 Å². The number of amides is 2. The molecule has 2 aromatic rings. The average molecular weight is 518 g/mol. The van der Waals surface area contributed by atoms with Gasteiger partial charge >= 0.3 is 18.4 Å². The second-order valence-corrected chi connectivity index (χ2v) is 9.13. The molecule has 2 saturated heterocycles. The predicted molar refractivity (Wildman–Crippen MR) is 114 cm³/mol. The number of halogens is 6. The molecule has 2 aliphatic heterocycles. The zero-order valence-corrected chi connectivity index (χ0v) is 19.3. The Balaban J connectivity index is 1.42. The highest BCUT2D eigenvalue weighted by Crippen LogP contribution is 2.40. The summed E-state index contributed by atoms with van der Waals surface area (Å²) < 4.78 is 81.9. The molecule has 36 heavy (non-hydrogen) atoms. The molecule has 0 radical (unpaired) electrons. The van der Waals surface area contributed by atoms with Gasteiger partial charge in [0.15, 0.2) is 0 Å². The first kappa shape index (κ1) is 25.8. The fourth-order valence-electron chi connectivity index (χ4n) is 4.80. The van der Waals surface area contributed by atoms with Crippen molar-refractivity contribution in [2.75, 3.05) is 19.6 Å². The van der Waals surface area contributed by atoms with Gasteiger partial charge in [-0.3, -0.25) is 4.79 Å². The first-order valence-electron chi connectivity index (χ1n) is 11.3. The van der Waals surface area contributed by atoms with Crippen LogP contribution in [0, 0.1) is 6.92 Å². The third-order valence-electron chi connectivity index (χ3n) is 6.74. The summed E-state index contributed by atoms with van der Waals surface area (Å²) in [6.45, 7) is 2.13. The van der Waals surface area contributed by atoms with Crippen LogP contribution in [0.15, 0.2) is 36.7 Å². The van der Waals surface area contributed by atoms with Crippen molar-refractivity contribution in [2.45, 2.75) is 56.6 Å². The Hall–Kier alpha value is -3.25. The summed E-state index contributed by atoms with van der Waals surface area (Å²) in [7, 11) is 0. The molecule has 13 heteroatoms. The summed E-state index contributed by atoms with van der Waals surface area (Å²) in [5.41, 5.74) is 1.56. The quantitative estimate of drug-likeness (QED) is 0.544. The van der Waals surface area contributed by atoms with Crippen LogP contribution in [0.3, 0.4) is 0 Å². The van der Waals surface area contributed by atoms with Crippen molar-refractivity contribution in [1.29, 1.82) is 0 Å². The van der Waals surface area contributed by atoms with Gasteiger partial charge in [-0.2, -0.15) is 31.4 Å². The second kappa shape index (κ2) is 9.32. The molecule has 1 aromatic carbocycles. The highest BCUT2D eigenvalue weighted by Gasteiger charge is 2.60. The van der Waals surface area contributed by atoms with Crippen molar-refractivity contribution in [1.82, 2.24) is 19.6 Å². The molecular weight excluding hydrogens is 494 g/mol. The predicted octanol–water partition coefficient (Wildman–Crippen LogP) is 4.88.